The van der Waals surface area contributed by atoms with Gasteiger partial charge in [0.05, 0.1) is 38.2 Å². The molecule has 1 unspecified atom stereocenters. The smallest absolute Gasteiger partial charge is 0.435 e. The van der Waals surface area contributed by atoms with Crippen molar-refractivity contribution in [1.82, 2.24) is 20.4 Å². The van der Waals surface area contributed by atoms with Gasteiger partial charge in [-0.3, -0.25) is 0 Å². The number of urea groups is 1. The fraction of sp³-hybridized carbons (Fsp3) is 0.304. The normalized spacial score (nSPS) is 15.1. The molecule has 0 spiro atoms. The molecule has 34 heavy (non-hydrogen) atoms. The first-order valence-electron chi connectivity index (χ1n) is 10.4. The van der Waals surface area contributed by atoms with Crippen LogP contribution in [0.15, 0.2) is 42.5 Å². The lowest BCUT2D eigenvalue weighted by Gasteiger charge is -2.17. The van der Waals surface area contributed by atoms with E-state index in [0.29, 0.717) is 28.6 Å². The Bertz CT molecular complexity index is 1210. The van der Waals surface area contributed by atoms with E-state index in [4.69, 9.17) is 21.1 Å². The van der Waals surface area contributed by atoms with Crippen molar-refractivity contribution in [1.29, 1.82) is 0 Å². The Hall–Kier alpha value is -3.40. The quantitative estimate of drug-likeness (QED) is 0.503. The summed E-state index contributed by atoms with van der Waals surface area (Å²) in [6.07, 6.45) is -3.20. The number of nitrogens with one attached hydrogen (secondary N) is 2. The van der Waals surface area contributed by atoms with E-state index in [1.807, 2.05) is 12.1 Å². The van der Waals surface area contributed by atoms with Crippen LogP contribution in [-0.2, 0) is 19.1 Å². The zero-order valence-corrected chi connectivity index (χ0v) is 19.1. The van der Waals surface area contributed by atoms with Crippen LogP contribution < -0.4 is 20.1 Å². The molecule has 2 aromatic carbocycles. The number of aromatic nitrogens is 2. The van der Waals surface area contributed by atoms with E-state index in [1.165, 1.54) is 13.2 Å². The summed E-state index contributed by atoms with van der Waals surface area (Å²) >= 11 is 5.99. The van der Waals surface area contributed by atoms with Crippen LogP contribution >= 0.6 is 11.6 Å². The minimum atomic E-state index is -4.63. The summed E-state index contributed by atoms with van der Waals surface area (Å²) in [6, 6.07) is 10.1. The summed E-state index contributed by atoms with van der Waals surface area (Å²) in [5, 5.41) is 9.54. The molecule has 0 aliphatic heterocycles. The van der Waals surface area contributed by atoms with Crippen LogP contribution in [0.3, 0.4) is 0 Å². The summed E-state index contributed by atoms with van der Waals surface area (Å²) in [7, 11) is 3.09. The second-order valence-electron chi connectivity index (χ2n) is 7.73. The number of ether oxygens (including phenoxy) is 2. The van der Waals surface area contributed by atoms with Crippen molar-refractivity contribution in [3.63, 3.8) is 0 Å². The van der Waals surface area contributed by atoms with Crippen LogP contribution in [-0.4, -0.2) is 30.0 Å². The van der Waals surface area contributed by atoms with Gasteiger partial charge in [0.1, 0.15) is 0 Å². The molecule has 7 nitrogen and oxygen atoms in total. The van der Waals surface area contributed by atoms with E-state index in [0.717, 1.165) is 28.3 Å². The molecule has 0 saturated heterocycles. The van der Waals surface area contributed by atoms with E-state index in [1.54, 1.807) is 25.3 Å². The van der Waals surface area contributed by atoms with Crippen LogP contribution in [0.5, 0.6) is 11.5 Å². The lowest BCUT2D eigenvalue weighted by atomic mass is 10.1. The predicted octanol–water partition coefficient (Wildman–Crippen LogP) is 5.05. The van der Waals surface area contributed by atoms with Gasteiger partial charge in [0.2, 0.25) is 0 Å². The Morgan fingerprint density at radius 2 is 1.91 bits per heavy atom. The third kappa shape index (κ3) is 4.91. The number of amides is 2. The van der Waals surface area contributed by atoms with E-state index < -0.39 is 17.9 Å². The molecule has 180 valence electrons. The van der Waals surface area contributed by atoms with Gasteiger partial charge in [-0.05, 0) is 60.4 Å². The highest BCUT2D eigenvalue weighted by Gasteiger charge is 2.35. The van der Waals surface area contributed by atoms with Gasteiger partial charge in [-0.1, -0.05) is 17.7 Å². The van der Waals surface area contributed by atoms with E-state index in [-0.39, 0.29) is 18.3 Å². The lowest BCUT2D eigenvalue weighted by molar-refractivity contribution is -0.141. The van der Waals surface area contributed by atoms with Gasteiger partial charge >= 0.3 is 12.2 Å². The van der Waals surface area contributed by atoms with Gasteiger partial charge in [-0.15, -0.1) is 0 Å². The first-order valence-corrected chi connectivity index (χ1v) is 10.8. The molecule has 11 heteroatoms. The second kappa shape index (κ2) is 9.46. The van der Waals surface area contributed by atoms with Crippen molar-refractivity contribution in [3.05, 3.63) is 70.0 Å². The van der Waals surface area contributed by atoms with Crippen LogP contribution in [0.4, 0.5) is 18.0 Å². The number of carbonyl (C=O) groups excluding carboxylic acids is 1. The third-order valence-electron chi connectivity index (χ3n) is 5.58. The van der Waals surface area contributed by atoms with Crippen molar-refractivity contribution < 1.29 is 27.4 Å². The molecule has 2 amide bonds. The van der Waals surface area contributed by atoms with Crippen LogP contribution in [0.2, 0.25) is 5.02 Å². The number of halogens is 4. The van der Waals surface area contributed by atoms with Gasteiger partial charge in [0.15, 0.2) is 17.2 Å². The average Bonchev–Trinajstić information content (AvgIpc) is 3.41. The number of hydrogen-bond acceptors (Lipinski definition) is 4. The monoisotopic (exact) mass is 494 g/mol. The Morgan fingerprint density at radius 3 is 2.59 bits per heavy atom. The SMILES string of the molecule is COc1cc2c(cc1OC)C(NC(=O)NCc1cc(C(F)(F)F)nn1-c1cccc(Cl)c1)CC2. The van der Waals surface area contributed by atoms with Gasteiger partial charge in [-0.25, -0.2) is 9.48 Å². The fourth-order valence-corrected chi connectivity index (χ4v) is 4.16. The predicted molar refractivity (Wildman–Crippen MR) is 120 cm³/mol. The molecule has 1 heterocycles. The van der Waals surface area contributed by atoms with Crippen molar-refractivity contribution in [2.75, 3.05) is 14.2 Å². The number of alkyl halides is 3. The Balaban J connectivity index is 1.50. The standard InChI is InChI=1S/C23H22ClF3N4O3/c1-33-19-8-13-6-7-18(17(13)11-20(19)34-2)29-22(32)28-12-16-10-21(23(25,26)27)30-31(16)15-5-3-4-14(24)9-15/h3-5,8-11,18H,6-7,12H2,1-2H3,(H2,28,29,32). The van der Waals surface area contributed by atoms with Gasteiger partial charge in [-0.2, -0.15) is 18.3 Å². The number of methoxy groups -OCH3 is 2. The van der Waals surface area contributed by atoms with Crippen molar-refractivity contribution in [2.45, 2.75) is 31.6 Å². The molecule has 1 aliphatic rings. The summed E-state index contributed by atoms with van der Waals surface area (Å²) in [5.74, 6) is 1.17. The lowest BCUT2D eigenvalue weighted by Crippen LogP contribution is -2.37. The molecular weight excluding hydrogens is 473 g/mol. The molecule has 1 aromatic heterocycles. The number of benzene rings is 2. The number of fused-ring (bicyclic) bond motifs is 1. The first kappa shape index (κ1) is 23.7. The maximum Gasteiger partial charge on any atom is 0.435 e. The Kier molecular flexibility index (Phi) is 6.60. The van der Waals surface area contributed by atoms with Gasteiger partial charge < -0.3 is 20.1 Å². The van der Waals surface area contributed by atoms with E-state index in [2.05, 4.69) is 15.7 Å². The van der Waals surface area contributed by atoms with Crippen LogP contribution in [0.25, 0.3) is 5.69 Å². The third-order valence-corrected chi connectivity index (χ3v) is 5.82. The van der Waals surface area contributed by atoms with Crippen LogP contribution in [0, 0.1) is 0 Å². The zero-order chi connectivity index (χ0) is 24.5. The van der Waals surface area contributed by atoms with E-state index in [9.17, 15) is 18.0 Å². The maximum absolute atomic E-state index is 13.3. The molecule has 0 bridgehead atoms. The molecule has 1 aliphatic carbocycles. The molecule has 1 atom stereocenters. The minimum absolute atomic E-state index is 0.156. The Morgan fingerprint density at radius 1 is 1.18 bits per heavy atom. The summed E-state index contributed by atoms with van der Waals surface area (Å²) < 4.78 is 51.6. The molecule has 0 radical (unpaired) electrons. The molecule has 4 rings (SSSR count). The highest BCUT2D eigenvalue weighted by molar-refractivity contribution is 6.30. The minimum Gasteiger partial charge on any atom is -0.493 e. The van der Waals surface area contributed by atoms with Crippen molar-refractivity contribution in [2.24, 2.45) is 0 Å². The number of nitrogens with zero attached hydrogens (tertiary/aromatic N) is 2. The van der Waals surface area contributed by atoms with Gasteiger partial charge in [0.25, 0.3) is 0 Å². The molecule has 0 saturated carbocycles. The summed E-state index contributed by atoms with van der Waals surface area (Å²) in [4.78, 5) is 12.6. The van der Waals surface area contributed by atoms with E-state index >= 15 is 0 Å². The molecule has 3 aromatic rings. The largest absolute Gasteiger partial charge is 0.493 e. The number of hydrogen-bond donors (Lipinski definition) is 2. The topological polar surface area (TPSA) is 77.4 Å². The second-order valence-corrected chi connectivity index (χ2v) is 8.17. The zero-order valence-electron chi connectivity index (χ0n) is 18.4. The maximum atomic E-state index is 13.3. The fourth-order valence-electron chi connectivity index (χ4n) is 3.98. The number of carbonyl (C=O) groups is 1. The summed E-state index contributed by atoms with van der Waals surface area (Å²) in [6.45, 7) is -0.174. The van der Waals surface area contributed by atoms with Gasteiger partial charge in [0, 0.05) is 5.02 Å². The highest BCUT2D eigenvalue weighted by Crippen LogP contribution is 2.39. The first-order chi connectivity index (χ1) is 16.2. The van der Waals surface area contributed by atoms with Crippen molar-refractivity contribution in [3.8, 4) is 17.2 Å². The van der Waals surface area contributed by atoms with Crippen LogP contribution in [0.1, 0.15) is 35.0 Å². The molecule has 0 fully saturated rings. The van der Waals surface area contributed by atoms with Crippen molar-refractivity contribution >= 4 is 17.6 Å². The Labute approximate surface area is 198 Å². The highest BCUT2D eigenvalue weighted by atomic mass is 35.5. The molecular formula is C23H22ClF3N4O3. The average molecular weight is 495 g/mol. The molecule has 2 N–H and O–H groups in total. The number of rotatable bonds is 6. The number of aryl methyl sites for hydroxylation is 1. The summed E-state index contributed by atoms with van der Waals surface area (Å²) in [5.41, 5.74) is 1.40.